The molecule has 22 heavy (non-hydrogen) atoms. The van der Waals surface area contributed by atoms with Gasteiger partial charge in [0.05, 0.1) is 17.9 Å². The van der Waals surface area contributed by atoms with Gasteiger partial charge in [-0.3, -0.25) is 4.79 Å². The van der Waals surface area contributed by atoms with Gasteiger partial charge in [-0.15, -0.1) is 0 Å². The predicted octanol–water partition coefficient (Wildman–Crippen LogP) is -0.0899. The van der Waals surface area contributed by atoms with Gasteiger partial charge in [-0.2, -0.15) is 0 Å². The maximum atomic E-state index is 12.3. The summed E-state index contributed by atoms with van der Waals surface area (Å²) in [5.74, 6) is -0.154. The van der Waals surface area contributed by atoms with Gasteiger partial charge in [-0.05, 0) is 23.8 Å². The van der Waals surface area contributed by atoms with Crippen molar-refractivity contribution in [1.82, 2.24) is 9.62 Å². The zero-order chi connectivity index (χ0) is 15.9. The van der Waals surface area contributed by atoms with Crippen molar-refractivity contribution in [2.45, 2.75) is 17.4 Å². The Bertz CT molecular complexity index is 746. The van der Waals surface area contributed by atoms with Crippen LogP contribution in [0.3, 0.4) is 0 Å². The molecule has 9 heteroatoms. The zero-order valence-electron chi connectivity index (χ0n) is 11.8. The summed E-state index contributed by atoms with van der Waals surface area (Å²) in [5, 5.41) is 2.65. The molecule has 1 aromatic rings. The number of ether oxygens (including phenoxy) is 1. The summed E-state index contributed by atoms with van der Waals surface area (Å²) in [6, 6.07) is 4.47. The van der Waals surface area contributed by atoms with Crippen molar-refractivity contribution >= 4 is 27.7 Å². The Hall–Kier alpha value is -2.13. The number of carbonyl (C=O) groups is 2. The van der Waals surface area contributed by atoms with Crippen LogP contribution in [0.2, 0.25) is 0 Å². The normalized spacial score (nSPS) is 20.8. The number of hydrogen-bond donors (Lipinski definition) is 2. The van der Waals surface area contributed by atoms with E-state index in [9.17, 15) is 18.0 Å². The van der Waals surface area contributed by atoms with Gasteiger partial charge in [0.1, 0.15) is 6.10 Å². The molecule has 0 aromatic heterocycles. The molecule has 2 N–H and O–H groups in total. The zero-order valence-corrected chi connectivity index (χ0v) is 12.6. The Morgan fingerprint density at radius 2 is 2.18 bits per heavy atom. The highest BCUT2D eigenvalue weighted by atomic mass is 32.2. The first kappa shape index (κ1) is 14.8. The van der Waals surface area contributed by atoms with Crippen LogP contribution in [-0.2, 0) is 26.0 Å². The predicted molar refractivity (Wildman–Crippen MR) is 76.9 cm³/mol. The van der Waals surface area contributed by atoms with Crippen LogP contribution in [0.5, 0.6) is 0 Å². The molecule has 118 valence electrons. The second kappa shape index (κ2) is 5.25. The van der Waals surface area contributed by atoms with Crippen molar-refractivity contribution in [3.63, 3.8) is 0 Å². The van der Waals surface area contributed by atoms with Gasteiger partial charge in [0, 0.05) is 19.3 Å². The van der Waals surface area contributed by atoms with Crippen molar-refractivity contribution in [2.24, 2.45) is 0 Å². The summed E-state index contributed by atoms with van der Waals surface area (Å²) in [6.07, 6.45) is -0.805. The molecule has 0 saturated carbocycles. The second-order valence-electron chi connectivity index (χ2n) is 5.28. The van der Waals surface area contributed by atoms with Crippen LogP contribution in [0, 0.1) is 0 Å². The van der Waals surface area contributed by atoms with Crippen LogP contribution in [0.1, 0.15) is 5.56 Å². The number of fused-ring (bicyclic) bond motifs is 1. The van der Waals surface area contributed by atoms with E-state index in [4.69, 9.17) is 4.74 Å². The number of hydrogen-bond acceptors (Lipinski definition) is 5. The molecule has 3 rings (SSSR count). The molecular formula is C13H15N3O5S. The number of cyclic esters (lactones) is 1. The highest BCUT2D eigenvalue weighted by Crippen LogP contribution is 2.25. The third kappa shape index (κ3) is 2.77. The number of anilines is 1. The molecule has 2 heterocycles. The fourth-order valence-electron chi connectivity index (χ4n) is 2.41. The molecule has 0 spiro atoms. The Kier molecular flexibility index (Phi) is 3.53. The number of carbonyl (C=O) groups excluding carboxylic acids is 2. The minimum absolute atomic E-state index is 0.00663. The number of nitrogens with zero attached hydrogens (tertiary/aromatic N) is 1. The van der Waals surface area contributed by atoms with Crippen LogP contribution in [0.4, 0.5) is 10.5 Å². The maximum absolute atomic E-state index is 12.3. The first-order valence-electron chi connectivity index (χ1n) is 6.69. The van der Waals surface area contributed by atoms with Crippen LogP contribution < -0.4 is 10.0 Å². The number of likely N-dealkylation sites (N-methyl/N-ethyl adjacent to an activating group) is 1. The lowest BCUT2D eigenvalue weighted by molar-refractivity contribution is -0.115. The minimum Gasteiger partial charge on any atom is -0.443 e. The molecular weight excluding hydrogens is 310 g/mol. The summed E-state index contributed by atoms with van der Waals surface area (Å²) in [6.45, 7) is 0.344. The lowest BCUT2D eigenvalue weighted by Gasteiger charge is -2.11. The topological polar surface area (TPSA) is 105 Å². The molecule has 0 aliphatic carbocycles. The number of nitrogens with one attached hydrogen (secondary N) is 2. The van der Waals surface area contributed by atoms with Crippen LogP contribution in [-0.4, -0.2) is 51.6 Å². The van der Waals surface area contributed by atoms with Gasteiger partial charge in [0.15, 0.2) is 0 Å². The molecule has 1 fully saturated rings. The van der Waals surface area contributed by atoms with Crippen LogP contribution >= 0.6 is 0 Å². The van der Waals surface area contributed by atoms with E-state index in [1.807, 2.05) is 0 Å². The van der Waals surface area contributed by atoms with Crippen molar-refractivity contribution in [1.29, 1.82) is 0 Å². The Morgan fingerprint density at radius 1 is 1.41 bits per heavy atom. The molecule has 1 saturated heterocycles. The Balaban J connectivity index is 1.70. The fourth-order valence-corrected chi connectivity index (χ4v) is 3.53. The van der Waals surface area contributed by atoms with E-state index in [1.165, 1.54) is 17.0 Å². The molecule has 2 amide bonds. The van der Waals surface area contributed by atoms with E-state index >= 15 is 0 Å². The van der Waals surface area contributed by atoms with E-state index < -0.39 is 22.2 Å². The van der Waals surface area contributed by atoms with Gasteiger partial charge in [0.25, 0.3) is 0 Å². The Labute approximate surface area is 127 Å². The molecule has 1 aromatic carbocycles. The second-order valence-corrected chi connectivity index (χ2v) is 7.05. The fraction of sp³-hybridized carbons (Fsp3) is 0.385. The van der Waals surface area contributed by atoms with Gasteiger partial charge in [-0.25, -0.2) is 17.9 Å². The average molecular weight is 325 g/mol. The molecule has 2 aliphatic heterocycles. The lowest BCUT2D eigenvalue weighted by Crippen LogP contribution is -2.34. The minimum atomic E-state index is -3.72. The summed E-state index contributed by atoms with van der Waals surface area (Å²) in [5.41, 5.74) is 1.29. The van der Waals surface area contributed by atoms with Crippen molar-refractivity contribution < 1.29 is 22.7 Å². The van der Waals surface area contributed by atoms with E-state index in [1.54, 1.807) is 13.1 Å². The monoisotopic (exact) mass is 325 g/mol. The standard InChI is InChI=1S/C13H15N3O5S/c1-16-7-9(21-13(16)18)6-14-22(19,20)10-2-3-11-8(4-10)5-12(17)15-11/h2-4,9,14H,5-7H2,1H3,(H,15,17). The van der Waals surface area contributed by atoms with Crippen LogP contribution in [0.25, 0.3) is 0 Å². The van der Waals surface area contributed by atoms with E-state index in [2.05, 4.69) is 10.0 Å². The number of benzene rings is 1. The largest absolute Gasteiger partial charge is 0.443 e. The van der Waals surface area contributed by atoms with E-state index in [-0.39, 0.29) is 23.8 Å². The van der Waals surface area contributed by atoms with Crippen molar-refractivity contribution in [3.8, 4) is 0 Å². The number of sulfonamides is 1. The maximum Gasteiger partial charge on any atom is 0.410 e. The highest BCUT2D eigenvalue weighted by molar-refractivity contribution is 7.89. The quantitative estimate of drug-likeness (QED) is 0.805. The smallest absolute Gasteiger partial charge is 0.410 e. The molecule has 2 aliphatic rings. The van der Waals surface area contributed by atoms with Crippen molar-refractivity contribution in [2.75, 3.05) is 25.5 Å². The van der Waals surface area contributed by atoms with Gasteiger partial charge < -0.3 is 15.0 Å². The third-order valence-electron chi connectivity index (χ3n) is 3.57. The average Bonchev–Trinajstić information content (AvgIpc) is 2.98. The molecule has 0 radical (unpaired) electrons. The lowest BCUT2D eigenvalue weighted by atomic mass is 10.2. The molecule has 0 bridgehead atoms. The molecule has 1 unspecified atom stereocenters. The highest BCUT2D eigenvalue weighted by Gasteiger charge is 2.30. The third-order valence-corrected chi connectivity index (χ3v) is 4.99. The first-order valence-corrected chi connectivity index (χ1v) is 8.18. The summed E-state index contributed by atoms with van der Waals surface area (Å²) < 4.78 is 31.9. The van der Waals surface area contributed by atoms with Gasteiger partial charge in [0.2, 0.25) is 15.9 Å². The summed E-state index contributed by atoms with van der Waals surface area (Å²) in [4.78, 5) is 24.0. The van der Waals surface area contributed by atoms with Gasteiger partial charge >= 0.3 is 6.09 Å². The van der Waals surface area contributed by atoms with Crippen LogP contribution in [0.15, 0.2) is 23.1 Å². The summed E-state index contributed by atoms with van der Waals surface area (Å²) >= 11 is 0. The van der Waals surface area contributed by atoms with Crippen molar-refractivity contribution in [3.05, 3.63) is 23.8 Å². The molecule has 8 nitrogen and oxygen atoms in total. The summed E-state index contributed by atoms with van der Waals surface area (Å²) in [7, 11) is -2.14. The SMILES string of the molecule is CN1CC(CNS(=O)(=O)c2ccc3c(c2)CC(=O)N3)OC1=O. The number of amides is 2. The van der Waals surface area contributed by atoms with E-state index in [0.717, 1.165) is 0 Å². The first-order chi connectivity index (χ1) is 10.3. The molecule has 1 atom stereocenters. The van der Waals surface area contributed by atoms with E-state index in [0.29, 0.717) is 17.8 Å². The van der Waals surface area contributed by atoms with Gasteiger partial charge in [-0.1, -0.05) is 0 Å². The Morgan fingerprint density at radius 3 is 2.86 bits per heavy atom. The number of rotatable bonds is 4.